The number of urea groups is 1. The zero-order chi connectivity index (χ0) is 16.8. The molecule has 7 heteroatoms. The van der Waals surface area contributed by atoms with Crippen LogP contribution < -0.4 is 15.0 Å². The van der Waals surface area contributed by atoms with Gasteiger partial charge in [-0.3, -0.25) is 0 Å². The number of rotatable bonds is 2. The molecule has 2 fully saturated rings. The topological polar surface area (TPSA) is 60.4 Å². The Kier molecular flexibility index (Phi) is 3.51. The van der Waals surface area contributed by atoms with Crippen molar-refractivity contribution in [2.24, 2.45) is 4.99 Å². The number of hydrogen-bond donors (Lipinski definition) is 1. The Morgan fingerprint density at radius 1 is 1.33 bits per heavy atom. The van der Waals surface area contributed by atoms with Crippen molar-refractivity contribution in [3.63, 3.8) is 0 Å². The number of aliphatic imine (C=N–C) groups is 1. The van der Waals surface area contributed by atoms with E-state index in [4.69, 9.17) is 9.73 Å². The van der Waals surface area contributed by atoms with Crippen LogP contribution in [0, 0.1) is 6.92 Å². The lowest BCUT2D eigenvalue weighted by Gasteiger charge is -2.42. The van der Waals surface area contributed by atoms with Crippen LogP contribution in [0.5, 0.6) is 5.75 Å². The number of ether oxygens (including phenoxy) is 1. The van der Waals surface area contributed by atoms with Crippen LogP contribution in [0.4, 0.5) is 10.5 Å². The number of aryl methyl sites for hydroxylation is 1. The fraction of sp³-hybridized carbons (Fsp3) is 0.529. The maximum absolute atomic E-state index is 11.9. The second-order valence-corrected chi connectivity index (χ2v) is 6.58. The summed E-state index contributed by atoms with van der Waals surface area (Å²) in [5, 5.41) is 2.95. The van der Waals surface area contributed by atoms with Gasteiger partial charge in [-0.25, -0.2) is 9.79 Å². The summed E-state index contributed by atoms with van der Waals surface area (Å²) < 4.78 is 5.57. The molecule has 24 heavy (non-hydrogen) atoms. The number of nitrogens with one attached hydrogen (secondary N) is 1. The summed E-state index contributed by atoms with van der Waals surface area (Å²) in [6, 6.07) is 6.33. The van der Waals surface area contributed by atoms with Crippen molar-refractivity contribution in [1.82, 2.24) is 15.1 Å². The van der Waals surface area contributed by atoms with Gasteiger partial charge in [0.05, 0.1) is 18.8 Å². The first-order valence-corrected chi connectivity index (χ1v) is 8.37. The van der Waals surface area contributed by atoms with Gasteiger partial charge < -0.3 is 24.8 Å². The lowest BCUT2D eigenvalue weighted by molar-refractivity contribution is 0.135. The largest absolute Gasteiger partial charge is 0.495 e. The zero-order valence-electron chi connectivity index (χ0n) is 14.3. The molecule has 2 atom stereocenters. The van der Waals surface area contributed by atoms with Crippen LogP contribution in [0.15, 0.2) is 23.2 Å². The molecular formula is C17H23N5O2. The van der Waals surface area contributed by atoms with Gasteiger partial charge in [-0.2, -0.15) is 0 Å². The predicted octanol–water partition coefficient (Wildman–Crippen LogP) is 1.24. The molecule has 7 nitrogen and oxygen atoms in total. The smallest absolute Gasteiger partial charge is 0.318 e. The van der Waals surface area contributed by atoms with Crippen LogP contribution in [0.25, 0.3) is 0 Å². The first-order valence-electron chi connectivity index (χ1n) is 8.37. The average Bonchev–Trinajstić information content (AvgIpc) is 2.97. The molecule has 0 bridgehead atoms. The molecule has 3 aliphatic rings. The van der Waals surface area contributed by atoms with Crippen molar-refractivity contribution in [3.8, 4) is 5.75 Å². The van der Waals surface area contributed by atoms with Gasteiger partial charge in [0.2, 0.25) is 5.96 Å². The van der Waals surface area contributed by atoms with E-state index < -0.39 is 0 Å². The van der Waals surface area contributed by atoms with Crippen molar-refractivity contribution >= 4 is 17.7 Å². The third-order valence-corrected chi connectivity index (χ3v) is 5.08. The molecule has 128 valence electrons. The minimum absolute atomic E-state index is 0.0554. The number of amides is 2. The molecule has 4 rings (SSSR count). The van der Waals surface area contributed by atoms with Gasteiger partial charge in [0.25, 0.3) is 0 Å². The van der Waals surface area contributed by atoms with E-state index in [-0.39, 0.29) is 18.2 Å². The Morgan fingerprint density at radius 2 is 2.17 bits per heavy atom. The van der Waals surface area contributed by atoms with Crippen LogP contribution in [-0.2, 0) is 0 Å². The van der Waals surface area contributed by atoms with Crippen molar-refractivity contribution < 1.29 is 9.53 Å². The standard InChI is InChI=1S/C17H23N5O2/c1-11-5-6-14(24-3)12(9-11)21-7-4-8-22-13-10-18-17(23)20(2)15(13)19-16(21)22/h5-6,9,13,15H,4,7-8,10H2,1-3H3,(H,18,23). The highest BCUT2D eigenvalue weighted by molar-refractivity contribution is 6.00. The molecule has 3 heterocycles. The lowest BCUT2D eigenvalue weighted by Crippen LogP contribution is -2.62. The summed E-state index contributed by atoms with van der Waals surface area (Å²) in [6.07, 6.45) is 0.932. The van der Waals surface area contributed by atoms with E-state index in [0.717, 1.165) is 36.9 Å². The Morgan fingerprint density at radius 3 is 2.96 bits per heavy atom. The van der Waals surface area contributed by atoms with Crippen LogP contribution in [0.2, 0.25) is 0 Å². The number of carbonyl (C=O) groups excluding carboxylic acids is 1. The first kappa shape index (κ1) is 15.1. The van der Waals surface area contributed by atoms with E-state index in [1.165, 1.54) is 5.56 Å². The third kappa shape index (κ3) is 2.18. The molecule has 0 spiro atoms. The molecule has 0 radical (unpaired) electrons. The van der Waals surface area contributed by atoms with Gasteiger partial charge in [-0.15, -0.1) is 0 Å². The average molecular weight is 329 g/mol. The monoisotopic (exact) mass is 329 g/mol. The summed E-state index contributed by atoms with van der Waals surface area (Å²) in [6.45, 7) is 4.59. The van der Waals surface area contributed by atoms with Gasteiger partial charge in [0.1, 0.15) is 5.75 Å². The molecule has 2 unspecified atom stereocenters. The number of guanidine groups is 1. The molecule has 0 saturated carbocycles. The van der Waals surface area contributed by atoms with Gasteiger partial charge >= 0.3 is 6.03 Å². The zero-order valence-corrected chi connectivity index (χ0v) is 14.3. The highest BCUT2D eigenvalue weighted by Crippen LogP contribution is 2.35. The Labute approximate surface area is 141 Å². The summed E-state index contributed by atoms with van der Waals surface area (Å²) in [7, 11) is 3.51. The highest BCUT2D eigenvalue weighted by atomic mass is 16.5. The molecule has 2 saturated heterocycles. The van der Waals surface area contributed by atoms with E-state index in [1.54, 1.807) is 12.0 Å². The highest BCUT2D eigenvalue weighted by Gasteiger charge is 2.46. The van der Waals surface area contributed by atoms with Gasteiger partial charge in [-0.1, -0.05) is 6.07 Å². The number of anilines is 1. The molecule has 0 aromatic heterocycles. The van der Waals surface area contributed by atoms with E-state index >= 15 is 0 Å². The predicted molar refractivity (Wildman–Crippen MR) is 92.6 cm³/mol. The molecular weight excluding hydrogens is 306 g/mol. The van der Waals surface area contributed by atoms with E-state index in [9.17, 15) is 4.79 Å². The number of nitrogens with zero attached hydrogens (tertiary/aromatic N) is 4. The minimum atomic E-state index is -0.120. The van der Waals surface area contributed by atoms with Crippen LogP contribution in [0.3, 0.4) is 0 Å². The van der Waals surface area contributed by atoms with Crippen molar-refractivity contribution in [2.45, 2.75) is 25.6 Å². The number of fused-ring (bicyclic) bond motifs is 3. The number of benzene rings is 1. The number of carbonyl (C=O) groups is 1. The van der Waals surface area contributed by atoms with Gasteiger partial charge in [0.15, 0.2) is 6.17 Å². The number of methoxy groups -OCH3 is 1. The maximum Gasteiger partial charge on any atom is 0.318 e. The first-order chi connectivity index (χ1) is 11.6. The third-order valence-electron chi connectivity index (χ3n) is 5.08. The normalized spacial score (nSPS) is 25.9. The molecule has 0 aliphatic carbocycles. The molecule has 2 amide bonds. The van der Waals surface area contributed by atoms with Crippen LogP contribution in [0.1, 0.15) is 12.0 Å². The summed E-state index contributed by atoms with van der Waals surface area (Å²) in [5.74, 6) is 1.80. The van der Waals surface area contributed by atoms with E-state index in [0.29, 0.717) is 6.54 Å². The number of likely N-dealkylation sites (N-methyl/N-ethyl adjacent to an activating group) is 1. The molecule has 1 N–H and O–H groups in total. The Balaban J connectivity index is 1.73. The maximum atomic E-state index is 11.9. The Hall–Kier alpha value is -2.44. The molecule has 1 aromatic rings. The second kappa shape index (κ2) is 5.58. The van der Waals surface area contributed by atoms with Crippen molar-refractivity contribution in [3.05, 3.63) is 23.8 Å². The minimum Gasteiger partial charge on any atom is -0.495 e. The Bertz CT molecular complexity index is 704. The molecule has 1 aromatic carbocycles. The summed E-state index contributed by atoms with van der Waals surface area (Å²) >= 11 is 0. The van der Waals surface area contributed by atoms with Crippen LogP contribution in [-0.4, -0.2) is 67.8 Å². The van der Waals surface area contributed by atoms with Gasteiger partial charge in [0, 0.05) is 26.7 Å². The van der Waals surface area contributed by atoms with Gasteiger partial charge in [-0.05, 0) is 31.0 Å². The fourth-order valence-corrected chi connectivity index (χ4v) is 3.81. The molecule has 3 aliphatic heterocycles. The van der Waals surface area contributed by atoms with E-state index in [2.05, 4.69) is 34.2 Å². The lowest BCUT2D eigenvalue weighted by atomic mass is 10.1. The quantitative estimate of drug-likeness (QED) is 0.887. The number of hydrogen-bond acceptors (Lipinski definition) is 5. The van der Waals surface area contributed by atoms with Crippen molar-refractivity contribution in [2.75, 3.05) is 38.7 Å². The van der Waals surface area contributed by atoms with Crippen molar-refractivity contribution in [1.29, 1.82) is 0 Å². The summed E-state index contributed by atoms with van der Waals surface area (Å²) in [5.41, 5.74) is 2.23. The SMILES string of the molecule is COc1ccc(C)cc1N1CCCN2C1=NC1C2CNC(=O)N1C. The fourth-order valence-electron chi connectivity index (χ4n) is 3.81. The summed E-state index contributed by atoms with van der Waals surface area (Å²) in [4.78, 5) is 23.1. The van der Waals surface area contributed by atoms with Crippen LogP contribution >= 0.6 is 0 Å². The second-order valence-electron chi connectivity index (χ2n) is 6.58. The van der Waals surface area contributed by atoms with E-state index in [1.807, 2.05) is 13.1 Å².